The van der Waals surface area contributed by atoms with Crippen LogP contribution in [0.2, 0.25) is 0 Å². The van der Waals surface area contributed by atoms with Gasteiger partial charge in [-0.2, -0.15) is 0 Å². The number of fused-ring (bicyclic) bond motifs is 1. The Kier molecular flexibility index (Phi) is 6.07. The number of rotatable bonds is 7. The van der Waals surface area contributed by atoms with Gasteiger partial charge >= 0.3 is 0 Å². The zero-order valence-electron chi connectivity index (χ0n) is 16.8. The van der Waals surface area contributed by atoms with Crippen molar-refractivity contribution < 1.29 is 14.9 Å². The lowest BCUT2D eigenvalue weighted by Crippen LogP contribution is -2.13. The van der Waals surface area contributed by atoms with E-state index in [1.54, 1.807) is 12.3 Å². The molecule has 1 atom stereocenters. The molecule has 0 bridgehead atoms. The van der Waals surface area contributed by atoms with E-state index in [0.717, 1.165) is 46.0 Å². The topological polar surface area (TPSA) is 62.6 Å². The lowest BCUT2D eigenvalue weighted by Gasteiger charge is -2.17. The molecule has 0 saturated carbocycles. The summed E-state index contributed by atoms with van der Waals surface area (Å²) in [6.07, 6.45) is 7.39. The fourth-order valence-electron chi connectivity index (χ4n) is 3.91. The van der Waals surface area contributed by atoms with Crippen molar-refractivity contribution in [3.63, 3.8) is 0 Å². The maximum atomic E-state index is 10.2. The van der Waals surface area contributed by atoms with Gasteiger partial charge in [-0.3, -0.25) is 4.98 Å². The molecule has 1 unspecified atom stereocenters. The molecule has 1 aromatic heterocycles. The second-order valence-corrected chi connectivity index (χ2v) is 7.39. The first kappa shape index (κ1) is 20.1. The van der Waals surface area contributed by atoms with Crippen LogP contribution in [0.4, 0.5) is 0 Å². The molecule has 2 N–H and O–H groups in total. The molecule has 3 aromatic rings. The number of hydrogen-bond donors (Lipinski definition) is 2. The molecule has 0 radical (unpaired) electrons. The van der Waals surface area contributed by atoms with Gasteiger partial charge in [0.25, 0.3) is 0 Å². The molecule has 2 aromatic carbocycles. The van der Waals surface area contributed by atoms with E-state index in [4.69, 9.17) is 4.74 Å². The first-order valence-electron chi connectivity index (χ1n) is 10.1. The lowest BCUT2D eigenvalue weighted by molar-refractivity contribution is 0.116. The molecule has 4 nitrogen and oxygen atoms in total. The Morgan fingerprint density at radius 3 is 2.67 bits per heavy atom. The number of benzene rings is 2. The van der Waals surface area contributed by atoms with E-state index >= 15 is 0 Å². The number of hydrogen-bond acceptors (Lipinski definition) is 4. The lowest BCUT2D eigenvalue weighted by atomic mass is 9.94. The highest BCUT2D eigenvalue weighted by atomic mass is 16.5. The van der Waals surface area contributed by atoms with Gasteiger partial charge in [0.1, 0.15) is 5.75 Å². The fraction of sp³-hybridized carbons (Fsp3) is 0.192. The summed E-state index contributed by atoms with van der Waals surface area (Å²) in [5, 5.41) is 21.5. The summed E-state index contributed by atoms with van der Waals surface area (Å²) in [5.41, 5.74) is 4.75. The Morgan fingerprint density at radius 2 is 1.90 bits per heavy atom. The molecule has 4 heteroatoms. The minimum Gasteiger partial charge on any atom is -0.507 e. The van der Waals surface area contributed by atoms with Crippen LogP contribution in [0.1, 0.15) is 24.1 Å². The molecule has 0 fully saturated rings. The van der Waals surface area contributed by atoms with Crippen LogP contribution in [0.15, 0.2) is 84.6 Å². The van der Waals surface area contributed by atoms with Crippen LogP contribution in [-0.2, 0) is 4.74 Å². The molecular weight excluding hydrogens is 374 g/mol. The van der Waals surface area contributed by atoms with Crippen LogP contribution < -0.4 is 0 Å². The number of allylic oxidation sites excluding steroid dienone is 1. The Hall–Kier alpha value is -3.21. The van der Waals surface area contributed by atoms with Crippen molar-refractivity contribution in [1.82, 2.24) is 4.98 Å². The summed E-state index contributed by atoms with van der Waals surface area (Å²) >= 11 is 0. The number of nitrogens with zero attached hydrogens (tertiary/aromatic N) is 1. The Bertz CT molecular complexity index is 1120. The molecule has 2 heterocycles. The van der Waals surface area contributed by atoms with E-state index in [1.165, 1.54) is 0 Å². The zero-order chi connectivity index (χ0) is 20.9. The van der Waals surface area contributed by atoms with E-state index in [1.807, 2.05) is 54.6 Å². The van der Waals surface area contributed by atoms with Gasteiger partial charge in [-0.15, -0.1) is 0 Å². The number of pyridine rings is 1. The van der Waals surface area contributed by atoms with Crippen molar-refractivity contribution in [3.05, 3.63) is 95.9 Å². The van der Waals surface area contributed by atoms with E-state index in [-0.39, 0.29) is 18.5 Å². The van der Waals surface area contributed by atoms with E-state index in [2.05, 4.69) is 17.6 Å². The standard InChI is InChI=1S/C26H25NO3/c1-18(17-28)21-13-15-30-26(21)12-10-20(24-8-4-5-14-27-24)16-19-9-11-25(29)23-7-3-2-6-22(19)23/h2-9,11,13-14,16,26,28-29H,1,10,12,15,17H2/b20-16-. The van der Waals surface area contributed by atoms with Crippen molar-refractivity contribution in [2.24, 2.45) is 0 Å². The number of aliphatic hydroxyl groups is 1. The van der Waals surface area contributed by atoms with E-state index in [9.17, 15) is 10.2 Å². The Labute approximate surface area is 176 Å². The smallest absolute Gasteiger partial charge is 0.123 e. The zero-order valence-corrected chi connectivity index (χ0v) is 16.8. The quantitative estimate of drug-likeness (QED) is 0.578. The Balaban J connectivity index is 1.68. The van der Waals surface area contributed by atoms with Crippen LogP contribution in [0, 0.1) is 0 Å². The largest absolute Gasteiger partial charge is 0.507 e. The third-order valence-corrected chi connectivity index (χ3v) is 5.48. The van der Waals surface area contributed by atoms with Crippen LogP contribution in [0.25, 0.3) is 22.4 Å². The SMILES string of the molecule is C=C(CO)C1=CCOC1CC/C(=C/c1ccc(O)c2ccccc12)c1ccccn1. The van der Waals surface area contributed by atoms with Crippen LogP contribution in [0.3, 0.4) is 0 Å². The fourth-order valence-corrected chi connectivity index (χ4v) is 3.91. The van der Waals surface area contributed by atoms with Gasteiger partial charge in [0.15, 0.2) is 0 Å². The van der Waals surface area contributed by atoms with Gasteiger partial charge in [-0.05, 0) is 64.8 Å². The second kappa shape index (κ2) is 9.08. The molecule has 0 spiro atoms. The monoisotopic (exact) mass is 399 g/mol. The van der Waals surface area contributed by atoms with Crippen LogP contribution >= 0.6 is 0 Å². The molecule has 1 aliphatic rings. The Morgan fingerprint density at radius 1 is 1.10 bits per heavy atom. The van der Waals surface area contributed by atoms with Gasteiger partial charge in [-0.25, -0.2) is 0 Å². The number of aromatic nitrogens is 1. The van der Waals surface area contributed by atoms with Crippen LogP contribution in [-0.4, -0.2) is 34.5 Å². The van der Waals surface area contributed by atoms with E-state index < -0.39 is 0 Å². The average molecular weight is 399 g/mol. The molecule has 152 valence electrons. The van der Waals surface area contributed by atoms with Crippen molar-refractivity contribution in [1.29, 1.82) is 0 Å². The summed E-state index contributed by atoms with van der Waals surface area (Å²) in [6, 6.07) is 17.4. The van der Waals surface area contributed by atoms with E-state index in [0.29, 0.717) is 12.2 Å². The maximum absolute atomic E-state index is 10.2. The molecule has 0 amide bonds. The third-order valence-electron chi connectivity index (χ3n) is 5.48. The number of aliphatic hydroxyl groups excluding tert-OH is 1. The number of phenols is 1. The molecule has 0 saturated heterocycles. The van der Waals surface area contributed by atoms with Crippen molar-refractivity contribution in [2.45, 2.75) is 18.9 Å². The summed E-state index contributed by atoms with van der Waals surface area (Å²) in [6.45, 7) is 4.44. The highest BCUT2D eigenvalue weighted by Crippen LogP contribution is 2.33. The average Bonchev–Trinajstić information content (AvgIpc) is 3.27. The summed E-state index contributed by atoms with van der Waals surface area (Å²) < 4.78 is 5.87. The molecule has 30 heavy (non-hydrogen) atoms. The second-order valence-electron chi connectivity index (χ2n) is 7.39. The summed E-state index contributed by atoms with van der Waals surface area (Å²) in [4.78, 5) is 4.56. The first-order chi connectivity index (χ1) is 14.7. The minimum atomic E-state index is -0.0756. The molecule has 0 aliphatic carbocycles. The number of phenolic OH excluding ortho intramolecular Hbond substituents is 1. The van der Waals surface area contributed by atoms with Gasteiger partial charge in [-0.1, -0.05) is 49.1 Å². The normalized spacial score (nSPS) is 16.6. The minimum absolute atomic E-state index is 0.0614. The molecular formula is C26H25NO3. The van der Waals surface area contributed by atoms with Crippen molar-refractivity contribution >= 4 is 22.4 Å². The van der Waals surface area contributed by atoms with Gasteiger partial charge in [0.05, 0.1) is 25.0 Å². The van der Waals surface area contributed by atoms with Crippen molar-refractivity contribution in [2.75, 3.05) is 13.2 Å². The maximum Gasteiger partial charge on any atom is 0.123 e. The molecule has 1 aliphatic heterocycles. The summed E-state index contributed by atoms with van der Waals surface area (Å²) in [5.74, 6) is 0.277. The predicted octanol–water partition coefficient (Wildman–Crippen LogP) is 5.13. The van der Waals surface area contributed by atoms with Gasteiger partial charge in [0.2, 0.25) is 0 Å². The first-order valence-corrected chi connectivity index (χ1v) is 10.1. The van der Waals surface area contributed by atoms with Crippen molar-refractivity contribution in [3.8, 4) is 5.75 Å². The highest BCUT2D eigenvalue weighted by Gasteiger charge is 2.22. The number of ether oxygens (including phenoxy) is 1. The predicted molar refractivity (Wildman–Crippen MR) is 121 cm³/mol. The number of aromatic hydroxyl groups is 1. The summed E-state index contributed by atoms with van der Waals surface area (Å²) in [7, 11) is 0. The van der Waals surface area contributed by atoms with Gasteiger partial charge < -0.3 is 14.9 Å². The molecule has 4 rings (SSSR count). The third kappa shape index (κ3) is 4.20. The van der Waals surface area contributed by atoms with Gasteiger partial charge in [0, 0.05) is 11.6 Å². The highest BCUT2D eigenvalue weighted by molar-refractivity contribution is 5.98. The van der Waals surface area contributed by atoms with Crippen LogP contribution in [0.5, 0.6) is 5.75 Å².